The van der Waals surface area contributed by atoms with Gasteiger partial charge in [0.25, 0.3) is 11.6 Å². The summed E-state index contributed by atoms with van der Waals surface area (Å²) in [6.45, 7) is 1.95. The Bertz CT molecular complexity index is 667. The van der Waals surface area contributed by atoms with Gasteiger partial charge in [-0.05, 0) is 31.2 Å². The van der Waals surface area contributed by atoms with Crippen LogP contribution in [0.25, 0.3) is 0 Å². The minimum Gasteiger partial charge on any atom is -0.323 e. The summed E-state index contributed by atoms with van der Waals surface area (Å²) in [6, 6.07) is 5.54. The van der Waals surface area contributed by atoms with Gasteiger partial charge < -0.3 is 5.32 Å². The molecule has 1 unspecified atom stereocenters. The topological polar surface area (TPSA) is 92.6 Å². The number of amides is 3. The molecule has 1 saturated carbocycles. The number of carbonyl (C=O) groups excluding carboxylic acids is 2. The van der Waals surface area contributed by atoms with Crippen LogP contribution in [0.3, 0.4) is 0 Å². The second kappa shape index (κ2) is 6.22. The smallest absolute Gasteiger partial charge is 0.323 e. The third kappa shape index (κ3) is 2.86. The summed E-state index contributed by atoms with van der Waals surface area (Å²) < 4.78 is 0. The van der Waals surface area contributed by atoms with Crippen molar-refractivity contribution in [3.8, 4) is 0 Å². The number of imide groups is 1. The summed E-state index contributed by atoms with van der Waals surface area (Å²) >= 11 is 0. The molecule has 1 aromatic carbocycles. The van der Waals surface area contributed by atoms with E-state index in [0.29, 0.717) is 5.56 Å². The van der Waals surface area contributed by atoms with E-state index in [0.717, 1.165) is 25.7 Å². The summed E-state index contributed by atoms with van der Waals surface area (Å²) in [7, 11) is 0. The highest BCUT2D eigenvalue weighted by Gasteiger charge is 2.52. The highest BCUT2D eigenvalue weighted by Crippen LogP contribution is 2.36. The first-order chi connectivity index (χ1) is 11.4. The van der Waals surface area contributed by atoms with E-state index in [4.69, 9.17) is 0 Å². The molecule has 2 aliphatic rings. The number of nitro groups is 1. The summed E-state index contributed by atoms with van der Waals surface area (Å²) in [6.07, 6.45) is 5.26. The van der Waals surface area contributed by atoms with Crippen LogP contribution in [0, 0.1) is 16.0 Å². The quantitative estimate of drug-likeness (QED) is 0.521. The zero-order valence-electron chi connectivity index (χ0n) is 13.7. The number of nitrogens with zero attached hydrogens (tertiary/aromatic N) is 2. The second-order valence-corrected chi connectivity index (χ2v) is 6.78. The minimum atomic E-state index is -0.835. The molecule has 1 atom stereocenters. The molecule has 0 spiro atoms. The van der Waals surface area contributed by atoms with E-state index in [-0.39, 0.29) is 30.1 Å². The molecular formula is C17H21N3O4. The molecule has 7 nitrogen and oxygen atoms in total. The Labute approximate surface area is 140 Å². The lowest BCUT2D eigenvalue weighted by Crippen LogP contribution is -2.51. The lowest BCUT2D eigenvalue weighted by atomic mass is 9.75. The molecule has 7 heteroatoms. The Hall–Kier alpha value is -2.44. The van der Waals surface area contributed by atoms with Crippen LogP contribution in [-0.2, 0) is 11.3 Å². The fourth-order valence-electron chi connectivity index (χ4n) is 3.72. The van der Waals surface area contributed by atoms with Gasteiger partial charge in [0.15, 0.2) is 0 Å². The number of nitro benzene ring substituents is 1. The highest BCUT2D eigenvalue weighted by atomic mass is 16.6. The second-order valence-electron chi connectivity index (χ2n) is 6.78. The van der Waals surface area contributed by atoms with Gasteiger partial charge in [0.05, 0.1) is 11.5 Å². The predicted molar refractivity (Wildman–Crippen MR) is 87.2 cm³/mol. The molecule has 0 bridgehead atoms. The highest BCUT2D eigenvalue weighted by molar-refractivity contribution is 6.06. The van der Waals surface area contributed by atoms with Crippen molar-refractivity contribution in [2.45, 2.75) is 51.1 Å². The van der Waals surface area contributed by atoms with Crippen LogP contribution in [0.4, 0.5) is 10.5 Å². The fraction of sp³-hybridized carbons (Fsp3) is 0.529. The Morgan fingerprint density at radius 1 is 1.21 bits per heavy atom. The molecule has 1 aliphatic heterocycles. The molecule has 3 rings (SSSR count). The van der Waals surface area contributed by atoms with E-state index < -0.39 is 10.5 Å². The lowest BCUT2D eigenvalue weighted by molar-refractivity contribution is -0.384. The van der Waals surface area contributed by atoms with E-state index in [1.807, 2.05) is 6.92 Å². The van der Waals surface area contributed by atoms with E-state index >= 15 is 0 Å². The van der Waals surface area contributed by atoms with Gasteiger partial charge in [0.2, 0.25) is 0 Å². The van der Waals surface area contributed by atoms with Gasteiger partial charge in [0.1, 0.15) is 5.54 Å². The number of hydrogen-bond donors (Lipinski definition) is 1. The van der Waals surface area contributed by atoms with Crippen LogP contribution in [0.5, 0.6) is 0 Å². The maximum atomic E-state index is 12.9. The molecule has 24 heavy (non-hydrogen) atoms. The van der Waals surface area contributed by atoms with Crippen molar-refractivity contribution in [1.82, 2.24) is 10.2 Å². The van der Waals surface area contributed by atoms with Gasteiger partial charge in [-0.25, -0.2) is 4.79 Å². The summed E-state index contributed by atoms with van der Waals surface area (Å²) in [5.74, 6) is -0.0256. The first-order valence-electron chi connectivity index (χ1n) is 8.29. The monoisotopic (exact) mass is 331 g/mol. The van der Waals surface area contributed by atoms with Gasteiger partial charge in [0, 0.05) is 12.1 Å². The normalized spacial score (nSPS) is 25.0. The van der Waals surface area contributed by atoms with E-state index in [1.165, 1.54) is 23.5 Å². The summed E-state index contributed by atoms with van der Waals surface area (Å²) in [4.78, 5) is 36.6. The Balaban J connectivity index is 1.75. The van der Waals surface area contributed by atoms with Crippen LogP contribution >= 0.6 is 0 Å². The first-order valence-corrected chi connectivity index (χ1v) is 8.29. The summed E-state index contributed by atoms with van der Waals surface area (Å²) in [5.41, 5.74) is -0.154. The van der Waals surface area contributed by atoms with Crippen molar-refractivity contribution < 1.29 is 14.5 Å². The Morgan fingerprint density at radius 2 is 1.83 bits per heavy atom. The number of urea groups is 1. The van der Waals surface area contributed by atoms with Gasteiger partial charge in [-0.15, -0.1) is 0 Å². The maximum absolute atomic E-state index is 12.9. The van der Waals surface area contributed by atoms with Crippen LogP contribution in [-0.4, -0.2) is 27.3 Å². The van der Waals surface area contributed by atoms with Crippen molar-refractivity contribution in [3.63, 3.8) is 0 Å². The lowest BCUT2D eigenvalue weighted by Gasteiger charge is -2.34. The van der Waals surface area contributed by atoms with Crippen molar-refractivity contribution >= 4 is 17.6 Å². The van der Waals surface area contributed by atoms with Crippen LogP contribution in [0.2, 0.25) is 0 Å². The molecular weight excluding hydrogens is 310 g/mol. The Kier molecular flexibility index (Phi) is 4.26. The largest absolute Gasteiger partial charge is 0.325 e. The average molecular weight is 331 g/mol. The summed E-state index contributed by atoms with van der Waals surface area (Å²) in [5, 5.41) is 13.6. The Morgan fingerprint density at radius 3 is 2.42 bits per heavy atom. The third-order valence-electron chi connectivity index (χ3n) is 5.21. The molecule has 3 amide bonds. The van der Waals surface area contributed by atoms with Gasteiger partial charge >= 0.3 is 6.03 Å². The average Bonchev–Trinajstić information content (AvgIpc) is 2.80. The van der Waals surface area contributed by atoms with E-state index in [2.05, 4.69) is 5.32 Å². The van der Waals surface area contributed by atoms with E-state index in [9.17, 15) is 19.7 Å². The van der Waals surface area contributed by atoms with Crippen molar-refractivity contribution in [2.75, 3.05) is 0 Å². The third-order valence-corrected chi connectivity index (χ3v) is 5.21. The number of nitrogens with one attached hydrogen (secondary N) is 1. The SMILES string of the molecule is CC1(C2CCCCC2)NC(=O)N(Cc2ccc([N+](=O)[O-])cc2)C1=O. The van der Waals surface area contributed by atoms with Gasteiger partial charge in [-0.3, -0.25) is 19.8 Å². The van der Waals surface area contributed by atoms with E-state index in [1.54, 1.807) is 12.1 Å². The molecule has 0 aromatic heterocycles. The number of non-ortho nitro benzene ring substituents is 1. The number of hydrogen-bond acceptors (Lipinski definition) is 4. The number of rotatable bonds is 4. The van der Waals surface area contributed by atoms with Gasteiger partial charge in [-0.2, -0.15) is 0 Å². The molecule has 1 heterocycles. The molecule has 128 valence electrons. The first kappa shape index (κ1) is 16.4. The minimum absolute atomic E-state index is 0.0111. The van der Waals surface area contributed by atoms with Crippen LogP contribution in [0.15, 0.2) is 24.3 Å². The zero-order valence-corrected chi connectivity index (χ0v) is 13.7. The van der Waals surface area contributed by atoms with Crippen LogP contribution in [0.1, 0.15) is 44.6 Å². The van der Waals surface area contributed by atoms with Crippen molar-refractivity contribution in [1.29, 1.82) is 0 Å². The van der Waals surface area contributed by atoms with Crippen LogP contribution < -0.4 is 5.32 Å². The predicted octanol–water partition coefficient (Wildman–Crippen LogP) is 2.99. The molecule has 0 radical (unpaired) electrons. The molecule has 1 saturated heterocycles. The maximum Gasteiger partial charge on any atom is 0.325 e. The fourth-order valence-corrected chi connectivity index (χ4v) is 3.72. The van der Waals surface area contributed by atoms with Gasteiger partial charge in [-0.1, -0.05) is 31.4 Å². The number of benzene rings is 1. The molecule has 1 aromatic rings. The molecule has 2 fully saturated rings. The zero-order chi connectivity index (χ0) is 17.3. The van der Waals surface area contributed by atoms with Crippen molar-refractivity contribution in [3.05, 3.63) is 39.9 Å². The standard InChI is InChI=1S/C17H21N3O4/c1-17(13-5-3-2-4-6-13)15(21)19(16(22)18-17)11-12-7-9-14(10-8-12)20(23)24/h7-10,13H,2-6,11H2,1H3,(H,18,22). The number of carbonyl (C=O) groups is 2. The molecule has 1 aliphatic carbocycles. The molecule has 1 N–H and O–H groups in total. The van der Waals surface area contributed by atoms with Crippen molar-refractivity contribution in [2.24, 2.45) is 5.92 Å².